The topological polar surface area (TPSA) is 70.7 Å². The van der Waals surface area contributed by atoms with Crippen LogP contribution in [0.25, 0.3) is 0 Å². The number of carbonyl (C=O) groups excluding carboxylic acids is 1. The van der Waals surface area contributed by atoms with Gasteiger partial charge in [0.25, 0.3) is 5.91 Å². The highest BCUT2D eigenvalue weighted by molar-refractivity contribution is 6.04. The highest BCUT2D eigenvalue weighted by Crippen LogP contribution is 2.19. The average Bonchev–Trinajstić information content (AvgIpc) is 2.74. The van der Waals surface area contributed by atoms with E-state index in [-0.39, 0.29) is 5.91 Å². The SMILES string of the molecule is CCc1nn(C)c(NC(=O)c2ccc(C#N)cc2)c1C. The Bertz CT molecular complexity index is 677. The standard InChI is InChI=1S/C15H16N4O/c1-4-13-10(2)14(19(3)18-13)17-15(20)12-7-5-11(9-16)6-8-12/h5-8H,4H2,1-3H3,(H,17,20). The molecule has 0 saturated carbocycles. The van der Waals surface area contributed by atoms with Crippen molar-refractivity contribution in [3.63, 3.8) is 0 Å². The number of amides is 1. The fourth-order valence-electron chi connectivity index (χ4n) is 2.07. The number of anilines is 1. The van der Waals surface area contributed by atoms with Gasteiger partial charge in [-0.2, -0.15) is 10.4 Å². The van der Waals surface area contributed by atoms with E-state index in [4.69, 9.17) is 5.26 Å². The molecule has 0 saturated heterocycles. The molecule has 5 heteroatoms. The quantitative estimate of drug-likeness (QED) is 0.929. The van der Waals surface area contributed by atoms with E-state index in [1.165, 1.54) is 0 Å². The highest BCUT2D eigenvalue weighted by Gasteiger charge is 2.14. The maximum absolute atomic E-state index is 12.2. The largest absolute Gasteiger partial charge is 0.307 e. The van der Waals surface area contributed by atoms with Gasteiger partial charge in [-0.25, -0.2) is 0 Å². The van der Waals surface area contributed by atoms with Gasteiger partial charge >= 0.3 is 0 Å². The molecule has 0 fully saturated rings. The van der Waals surface area contributed by atoms with Crippen LogP contribution in [0.3, 0.4) is 0 Å². The van der Waals surface area contributed by atoms with Crippen molar-refractivity contribution in [2.75, 3.05) is 5.32 Å². The van der Waals surface area contributed by atoms with Crippen LogP contribution in [0.15, 0.2) is 24.3 Å². The second-order valence-corrected chi connectivity index (χ2v) is 4.54. The summed E-state index contributed by atoms with van der Waals surface area (Å²) in [6.07, 6.45) is 0.826. The predicted octanol–water partition coefficient (Wildman–Crippen LogP) is 2.41. The monoisotopic (exact) mass is 268 g/mol. The number of carbonyl (C=O) groups is 1. The molecule has 102 valence electrons. The highest BCUT2D eigenvalue weighted by atomic mass is 16.1. The van der Waals surface area contributed by atoms with Gasteiger partial charge in [-0.3, -0.25) is 9.48 Å². The van der Waals surface area contributed by atoms with Gasteiger partial charge < -0.3 is 5.32 Å². The average molecular weight is 268 g/mol. The molecule has 5 nitrogen and oxygen atoms in total. The Morgan fingerprint density at radius 1 is 1.40 bits per heavy atom. The third-order valence-corrected chi connectivity index (χ3v) is 3.23. The molecule has 1 aromatic carbocycles. The minimum Gasteiger partial charge on any atom is -0.307 e. The lowest BCUT2D eigenvalue weighted by molar-refractivity contribution is 0.102. The van der Waals surface area contributed by atoms with Crippen LogP contribution in [-0.4, -0.2) is 15.7 Å². The molecule has 1 aromatic heterocycles. The van der Waals surface area contributed by atoms with Gasteiger partial charge in [-0.05, 0) is 37.6 Å². The number of benzene rings is 1. The Kier molecular flexibility index (Phi) is 3.85. The summed E-state index contributed by atoms with van der Waals surface area (Å²) in [5, 5.41) is 16.0. The minimum absolute atomic E-state index is 0.205. The fourth-order valence-corrected chi connectivity index (χ4v) is 2.07. The van der Waals surface area contributed by atoms with E-state index in [1.54, 1.807) is 36.0 Å². The van der Waals surface area contributed by atoms with Crippen molar-refractivity contribution in [1.29, 1.82) is 5.26 Å². The van der Waals surface area contributed by atoms with Crippen molar-refractivity contribution in [3.8, 4) is 6.07 Å². The number of aromatic nitrogens is 2. The molecule has 2 aromatic rings. The van der Waals surface area contributed by atoms with Crippen LogP contribution in [0.1, 0.15) is 34.1 Å². The first kappa shape index (κ1) is 13.8. The van der Waals surface area contributed by atoms with Crippen LogP contribution in [0.2, 0.25) is 0 Å². The van der Waals surface area contributed by atoms with Crippen molar-refractivity contribution in [2.24, 2.45) is 7.05 Å². The third-order valence-electron chi connectivity index (χ3n) is 3.23. The Hall–Kier alpha value is -2.61. The second kappa shape index (κ2) is 5.57. The van der Waals surface area contributed by atoms with Crippen LogP contribution in [0.4, 0.5) is 5.82 Å². The van der Waals surface area contributed by atoms with Gasteiger partial charge in [0.2, 0.25) is 0 Å². The summed E-state index contributed by atoms with van der Waals surface area (Å²) in [4.78, 5) is 12.2. The van der Waals surface area contributed by atoms with E-state index in [2.05, 4.69) is 10.4 Å². The number of hydrogen-bond donors (Lipinski definition) is 1. The van der Waals surface area contributed by atoms with E-state index < -0.39 is 0 Å². The van der Waals surface area contributed by atoms with Gasteiger partial charge in [0.15, 0.2) is 0 Å². The molecule has 0 radical (unpaired) electrons. The Balaban J connectivity index is 2.23. The van der Waals surface area contributed by atoms with E-state index in [9.17, 15) is 4.79 Å². The molecular formula is C15H16N4O. The summed E-state index contributed by atoms with van der Waals surface area (Å²) in [6.45, 7) is 3.97. The summed E-state index contributed by atoms with van der Waals surface area (Å²) >= 11 is 0. The molecule has 1 N–H and O–H groups in total. The summed E-state index contributed by atoms with van der Waals surface area (Å²) in [6, 6.07) is 8.56. The lowest BCUT2D eigenvalue weighted by atomic mass is 10.1. The van der Waals surface area contributed by atoms with Crippen molar-refractivity contribution >= 4 is 11.7 Å². The van der Waals surface area contributed by atoms with E-state index in [0.29, 0.717) is 16.9 Å². The van der Waals surface area contributed by atoms with E-state index in [0.717, 1.165) is 17.7 Å². The lowest BCUT2D eigenvalue weighted by Gasteiger charge is -2.06. The minimum atomic E-state index is -0.205. The molecule has 20 heavy (non-hydrogen) atoms. The van der Waals surface area contributed by atoms with Gasteiger partial charge in [-0.1, -0.05) is 6.92 Å². The van der Waals surface area contributed by atoms with Crippen LogP contribution in [0, 0.1) is 18.3 Å². The number of hydrogen-bond acceptors (Lipinski definition) is 3. The first-order valence-electron chi connectivity index (χ1n) is 6.40. The Morgan fingerprint density at radius 2 is 2.05 bits per heavy atom. The van der Waals surface area contributed by atoms with Gasteiger partial charge in [0.05, 0.1) is 17.3 Å². The molecular weight excluding hydrogens is 252 g/mol. The number of nitrogens with one attached hydrogen (secondary N) is 1. The van der Waals surface area contributed by atoms with Crippen molar-refractivity contribution in [3.05, 3.63) is 46.6 Å². The molecule has 1 amide bonds. The Morgan fingerprint density at radius 3 is 2.55 bits per heavy atom. The van der Waals surface area contributed by atoms with Gasteiger partial charge in [0, 0.05) is 18.2 Å². The molecule has 2 rings (SSSR count). The smallest absolute Gasteiger partial charge is 0.256 e. The zero-order valence-electron chi connectivity index (χ0n) is 11.8. The van der Waals surface area contributed by atoms with Crippen LogP contribution >= 0.6 is 0 Å². The van der Waals surface area contributed by atoms with Crippen LogP contribution in [0.5, 0.6) is 0 Å². The van der Waals surface area contributed by atoms with Crippen molar-refractivity contribution in [2.45, 2.75) is 20.3 Å². The van der Waals surface area contributed by atoms with Gasteiger partial charge in [-0.15, -0.1) is 0 Å². The first-order chi connectivity index (χ1) is 9.56. The third kappa shape index (κ3) is 2.54. The zero-order valence-corrected chi connectivity index (χ0v) is 11.8. The number of rotatable bonds is 3. The molecule has 0 unspecified atom stereocenters. The maximum Gasteiger partial charge on any atom is 0.256 e. The van der Waals surface area contributed by atoms with E-state index >= 15 is 0 Å². The summed E-state index contributed by atoms with van der Waals surface area (Å²) in [5.74, 6) is 0.499. The molecule has 0 aliphatic heterocycles. The summed E-state index contributed by atoms with van der Waals surface area (Å²) in [7, 11) is 1.81. The molecule has 0 atom stereocenters. The lowest BCUT2D eigenvalue weighted by Crippen LogP contribution is -2.15. The summed E-state index contributed by atoms with van der Waals surface area (Å²) < 4.78 is 1.68. The normalized spacial score (nSPS) is 10.1. The van der Waals surface area contributed by atoms with Crippen LogP contribution < -0.4 is 5.32 Å². The molecule has 1 heterocycles. The maximum atomic E-state index is 12.2. The second-order valence-electron chi connectivity index (χ2n) is 4.54. The first-order valence-corrected chi connectivity index (χ1v) is 6.40. The van der Waals surface area contributed by atoms with E-state index in [1.807, 2.05) is 19.9 Å². The molecule has 0 aliphatic rings. The number of nitriles is 1. The molecule has 0 bridgehead atoms. The summed E-state index contributed by atoms with van der Waals surface area (Å²) in [5.41, 5.74) is 3.01. The van der Waals surface area contributed by atoms with Crippen molar-refractivity contribution in [1.82, 2.24) is 9.78 Å². The number of nitrogens with zero attached hydrogens (tertiary/aromatic N) is 3. The van der Waals surface area contributed by atoms with Gasteiger partial charge in [0.1, 0.15) is 5.82 Å². The zero-order chi connectivity index (χ0) is 14.7. The molecule has 0 aliphatic carbocycles. The fraction of sp³-hybridized carbons (Fsp3) is 0.267. The molecule has 0 spiro atoms. The Labute approximate surface area is 117 Å². The van der Waals surface area contributed by atoms with Crippen LogP contribution in [-0.2, 0) is 13.5 Å². The van der Waals surface area contributed by atoms with Crippen molar-refractivity contribution < 1.29 is 4.79 Å². The predicted molar refractivity (Wildman–Crippen MR) is 76.4 cm³/mol. The number of aryl methyl sites for hydroxylation is 2.